The Morgan fingerprint density at radius 2 is 1.04 bits per heavy atom. The number of anilines is 6. The first-order chi connectivity index (χ1) is 37.4. The lowest BCUT2D eigenvalue weighted by atomic mass is 9.82. The standard InChI is InChI=1S/C68H45F2N3/c1-68(2)57-26-14-13-24-53(57)66-52(25-17-27-58(66)68)48-38-49(71-3)42-51(39-48)72(50-22-11-6-12-23-50)61-36-32-45-31-35-55-62(37-33-46-30-34-54(61)64(45)65(46)55)73(63-29-16-15-28-59(63)69)67-56(44-20-9-5-10-21-44)40-47(41-60(67)70)43-18-7-4-8-19-43/h4-42H,1-2H3/i15D,16D,28D,29D. The molecular formula is C68H45F2N3. The van der Waals surface area contributed by atoms with Crippen LogP contribution in [0.15, 0.2) is 236 Å². The van der Waals surface area contributed by atoms with E-state index in [1.807, 2.05) is 121 Å². The highest BCUT2D eigenvalue weighted by Crippen LogP contribution is 2.54. The van der Waals surface area contributed by atoms with Crippen molar-refractivity contribution in [3.8, 4) is 44.5 Å². The van der Waals surface area contributed by atoms with Crippen molar-refractivity contribution >= 4 is 72.1 Å². The summed E-state index contributed by atoms with van der Waals surface area (Å²) in [5, 5.41) is 4.89. The molecule has 12 aromatic carbocycles. The van der Waals surface area contributed by atoms with E-state index in [0.717, 1.165) is 66.2 Å². The molecule has 1 aliphatic rings. The van der Waals surface area contributed by atoms with Gasteiger partial charge < -0.3 is 9.80 Å². The highest BCUT2D eigenvalue weighted by atomic mass is 19.1. The summed E-state index contributed by atoms with van der Waals surface area (Å²) in [6.07, 6.45) is 0. The van der Waals surface area contributed by atoms with Gasteiger partial charge in [0.25, 0.3) is 0 Å². The van der Waals surface area contributed by atoms with Gasteiger partial charge >= 0.3 is 0 Å². The molecule has 13 rings (SSSR count). The molecule has 0 unspecified atom stereocenters. The van der Waals surface area contributed by atoms with Crippen molar-refractivity contribution in [2.75, 3.05) is 9.80 Å². The molecule has 0 N–H and O–H groups in total. The van der Waals surface area contributed by atoms with Gasteiger partial charge in [0.2, 0.25) is 0 Å². The summed E-state index contributed by atoms with van der Waals surface area (Å²) in [7, 11) is 0. The lowest BCUT2D eigenvalue weighted by Gasteiger charge is -2.31. The van der Waals surface area contributed by atoms with Gasteiger partial charge in [-0.3, -0.25) is 0 Å². The Morgan fingerprint density at radius 3 is 1.74 bits per heavy atom. The first kappa shape index (κ1) is 39.4. The largest absolute Gasteiger partial charge is 0.311 e. The number of benzene rings is 12. The number of hydrogen-bond donors (Lipinski definition) is 0. The average Bonchev–Trinajstić information content (AvgIpc) is 3.86. The minimum Gasteiger partial charge on any atom is -0.311 e. The molecule has 0 radical (unpaired) electrons. The van der Waals surface area contributed by atoms with Gasteiger partial charge in [-0.2, -0.15) is 0 Å². The topological polar surface area (TPSA) is 10.8 Å². The van der Waals surface area contributed by atoms with Gasteiger partial charge in [-0.15, -0.1) is 0 Å². The van der Waals surface area contributed by atoms with Crippen LogP contribution in [0.5, 0.6) is 0 Å². The maximum atomic E-state index is 17.9. The highest BCUT2D eigenvalue weighted by Gasteiger charge is 2.37. The third kappa shape index (κ3) is 7.06. The Bertz CT molecular complexity index is 4380. The second-order valence-electron chi connectivity index (χ2n) is 19.1. The molecule has 1 aliphatic carbocycles. The van der Waals surface area contributed by atoms with E-state index < -0.39 is 41.5 Å². The smallest absolute Gasteiger partial charge is 0.189 e. The van der Waals surface area contributed by atoms with E-state index in [9.17, 15) is 1.37 Å². The minimum atomic E-state index is -1.22. The Hall–Kier alpha value is -9.37. The zero-order valence-electron chi connectivity index (χ0n) is 43.8. The van der Waals surface area contributed by atoms with E-state index in [1.165, 1.54) is 27.7 Å². The Morgan fingerprint density at radius 1 is 0.452 bits per heavy atom. The fraction of sp³-hybridized carbons (Fsp3) is 0.0441. The molecule has 346 valence electrons. The summed E-state index contributed by atoms with van der Waals surface area (Å²) >= 11 is 0. The van der Waals surface area contributed by atoms with E-state index in [4.69, 9.17) is 10.7 Å². The number of hydrogen-bond acceptors (Lipinski definition) is 2. The fourth-order valence-electron chi connectivity index (χ4n) is 11.4. The van der Waals surface area contributed by atoms with Gasteiger partial charge in [0.1, 0.15) is 11.6 Å². The monoisotopic (exact) mass is 945 g/mol. The van der Waals surface area contributed by atoms with Gasteiger partial charge in [-0.1, -0.05) is 184 Å². The second kappa shape index (κ2) is 17.2. The molecule has 0 atom stereocenters. The average molecular weight is 946 g/mol. The van der Waals surface area contributed by atoms with Crippen molar-refractivity contribution in [3.05, 3.63) is 271 Å². The molecule has 0 amide bonds. The maximum Gasteiger partial charge on any atom is 0.189 e. The molecular weight excluding hydrogens is 897 g/mol. The molecule has 0 spiro atoms. The Kier molecular flexibility index (Phi) is 9.27. The van der Waals surface area contributed by atoms with Gasteiger partial charge in [-0.05, 0) is 138 Å². The van der Waals surface area contributed by atoms with Crippen LogP contribution in [0.4, 0.5) is 48.6 Å². The van der Waals surface area contributed by atoms with E-state index in [1.54, 1.807) is 6.07 Å². The zero-order chi connectivity index (χ0) is 52.9. The summed E-state index contributed by atoms with van der Waals surface area (Å²) in [4.78, 5) is 7.59. The molecule has 0 heterocycles. The molecule has 3 nitrogen and oxygen atoms in total. The summed E-state index contributed by atoms with van der Waals surface area (Å²) in [6.45, 7) is 13.0. The van der Waals surface area contributed by atoms with Crippen molar-refractivity contribution in [3.63, 3.8) is 0 Å². The van der Waals surface area contributed by atoms with Crippen molar-refractivity contribution < 1.29 is 14.3 Å². The lowest BCUT2D eigenvalue weighted by Crippen LogP contribution is -2.15. The van der Waals surface area contributed by atoms with E-state index >= 15 is 8.78 Å². The molecule has 0 bridgehead atoms. The lowest BCUT2D eigenvalue weighted by molar-refractivity contribution is 0.620. The number of halogens is 2. The molecule has 0 saturated carbocycles. The first-order valence-corrected chi connectivity index (χ1v) is 24.2. The van der Waals surface area contributed by atoms with Crippen molar-refractivity contribution in [1.29, 1.82) is 0 Å². The number of fused-ring (bicyclic) bond motifs is 3. The van der Waals surface area contributed by atoms with E-state index in [-0.39, 0.29) is 11.1 Å². The van der Waals surface area contributed by atoms with Crippen LogP contribution in [0, 0.1) is 18.2 Å². The SMILES string of the molecule is [2H]c1c([2H])c([2H])c(N(c2c(F)cc(-c3ccccc3)cc2-c2ccccc2)c2ccc3ccc4c(N(c5ccccc5)c5cc([N+]#[C-])cc(-c6cccc7c6-c6ccccc6C7(C)C)c5)ccc5ccc2c3c54)c(F)c1[2H]. The predicted molar refractivity (Wildman–Crippen MR) is 300 cm³/mol. The van der Waals surface area contributed by atoms with Crippen LogP contribution in [0.3, 0.4) is 0 Å². The van der Waals surface area contributed by atoms with Gasteiger partial charge in [0.05, 0.1) is 34.8 Å². The molecule has 5 heteroatoms. The van der Waals surface area contributed by atoms with Gasteiger partial charge in [0.15, 0.2) is 5.69 Å². The number of nitrogens with zero attached hydrogens (tertiary/aromatic N) is 3. The molecule has 0 aliphatic heterocycles. The summed E-state index contributed by atoms with van der Waals surface area (Å²) in [6, 6.07) is 66.0. The Labute approximate surface area is 428 Å². The third-order valence-electron chi connectivity index (χ3n) is 14.6. The quantitative estimate of drug-likeness (QED) is 0.105. The van der Waals surface area contributed by atoms with E-state index in [0.29, 0.717) is 33.5 Å². The highest BCUT2D eigenvalue weighted by molar-refractivity contribution is 6.28. The van der Waals surface area contributed by atoms with Crippen LogP contribution in [0.2, 0.25) is 0 Å². The van der Waals surface area contributed by atoms with Crippen LogP contribution >= 0.6 is 0 Å². The Balaban J connectivity index is 1.07. The first-order valence-electron chi connectivity index (χ1n) is 26.2. The zero-order valence-corrected chi connectivity index (χ0v) is 39.8. The van der Waals surface area contributed by atoms with Crippen molar-refractivity contribution in [1.82, 2.24) is 0 Å². The van der Waals surface area contributed by atoms with Crippen molar-refractivity contribution in [2.24, 2.45) is 0 Å². The number of para-hydroxylation sites is 2. The van der Waals surface area contributed by atoms with Crippen LogP contribution in [-0.2, 0) is 5.41 Å². The second-order valence-corrected chi connectivity index (χ2v) is 19.1. The minimum absolute atomic E-state index is 0.0857. The normalized spacial score (nSPS) is 13.2. The molecule has 0 aromatic heterocycles. The predicted octanol–water partition coefficient (Wildman–Crippen LogP) is 19.7. The van der Waals surface area contributed by atoms with Crippen LogP contribution < -0.4 is 9.80 Å². The third-order valence-corrected chi connectivity index (χ3v) is 14.6. The van der Waals surface area contributed by atoms with Gasteiger partial charge in [-0.25, -0.2) is 13.6 Å². The van der Waals surface area contributed by atoms with Crippen LogP contribution in [0.25, 0.3) is 81.7 Å². The molecule has 0 saturated heterocycles. The summed E-state index contributed by atoms with van der Waals surface area (Å²) in [5.74, 6) is -1.94. The van der Waals surface area contributed by atoms with Crippen molar-refractivity contribution in [2.45, 2.75) is 19.3 Å². The van der Waals surface area contributed by atoms with Crippen LogP contribution in [0.1, 0.15) is 30.5 Å². The number of rotatable bonds is 9. The maximum absolute atomic E-state index is 17.9. The van der Waals surface area contributed by atoms with Gasteiger partial charge in [0, 0.05) is 33.1 Å². The van der Waals surface area contributed by atoms with E-state index in [2.05, 4.69) is 102 Å². The molecule has 0 fully saturated rings. The fourth-order valence-corrected chi connectivity index (χ4v) is 11.4. The van der Waals surface area contributed by atoms with Crippen LogP contribution in [-0.4, -0.2) is 0 Å². The molecule has 73 heavy (non-hydrogen) atoms. The summed E-state index contributed by atoms with van der Waals surface area (Å²) in [5.41, 5.74) is 11.5. The summed E-state index contributed by atoms with van der Waals surface area (Å²) < 4.78 is 70.6. The molecule has 12 aromatic rings.